The molecule has 0 aromatic heterocycles. The molecule has 3 aromatic carbocycles. The van der Waals surface area contributed by atoms with Gasteiger partial charge in [-0.1, -0.05) is 6.07 Å². The predicted octanol–water partition coefficient (Wildman–Crippen LogP) is 4.88. The standard InChI is InChI=1S/C22H17F3N4O6S/c1-35-20-9-13(3-7-19(20)29(31)32)12-2-5-15-17(8-12)26-16-6-4-14(10-18(16)27-21(15)30)28-36(33,34)11-22(23,24)25/h2-10,26,28H,11H2,1H3,(H,27,30). The number of carbonyl (C=O) groups excluding carboxylic acids is 1. The highest BCUT2D eigenvalue weighted by molar-refractivity contribution is 7.92. The van der Waals surface area contributed by atoms with Gasteiger partial charge in [0.05, 0.1) is 40.3 Å². The fraction of sp³-hybridized carbons (Fsp3) is 0.136. The summed E-state index contributed by atoms with van der Waals surface area (Å²) in [6.07, 6.45) is -4.92. The van der Waals surface area contributed by atoms with Crippen LogP contribution in [0.1, 0.15) is 10.4 Å². The van der Waals surface area contributed by atoms with E-state index in [4.69, 9.17) is 4.74 Å². The molecule has 3 N–H and O–H groups in total. The van der Waals surface area contributed by atoms with Crippen LogP contribution in [-0.4, -0.2) is 38.3 Å². The molecule has 188 valence electrons. The molecule has 3 aromatic rings. The van der Waals surface area contributed by atoms with Crippen LogP contribution in [0.2, 0.25) is 0 Å². The number of ether oxygens (including phenoxy) is 1. The van der Waals surface area contributed by atoms with E-state index in [1.54, 1.807) is 12.1 Å². The topological polar surface area (TPSA) is 140 Å². The number of nitro groups is 1. The van der Waals surface area contributed by atoms with E-state index in [1.807, 2.05) is 4.72 Å². The lowest BCUT2D eigenvalue weighted by molar-refractivity contribution is -0.385. The van der Waals surface area contributed by atoms with Gasteiger partial charge >= 0.3 is 11.9 Å². The molecule has 0 fully saturated rings. The number of nitrogens with one attached hydrogen (secondary N) is 3. The Hall–Kier alpha value is -4.33. The van der Waals surface area contributed by atoms with Crippen molar-refractivity contribution in [1.82, 2.24) is 0 Å². The molecule has 1 heterocycles. The fourth-order valence-corrected chi connectivity index (χ4v) is 4.61. The Morgan fingerprint density at radius 1 is 0.972 bits per heavy atom. The average Bonchev–Trinajstić information content (AvgIpc) is 2.91. The van der Waals surface area contributed by atoms with Crippen molar-refractivity contribution in [2.24, 2.45) is 0 Å². The van der Waals surface area contributed by atoms with Gasteiger partial charge in [0.25, 0.3) is 5.91 Å². The van der Waals surface area contributed by atoms with Crippen molar-refractivity contribution in [3.05, 3.63) is 70.3 Å². The Morgan fingerprint density at radius 3 is 2.33 bits per heavy atom. The van der Waals surface area contributed by atoms with E-state index in [1.165, 1.54) is 49.6 Å². The molecule has 1 aliphatic heterocycles. The summed E-state index contributed by atoms with van der Waals surface area (Å²) < 4.78 is 68.1. The summed E-state index contributed by atoms with van der Waals surface area (Å²) in [5.41, 5.74) is 1.95. The maximum absolute atomic E-state index is 12.8. The number of hydrogen-bond donors (Lipinski definition) is 3. The van der Waals surface area contributed by atoms with Gasteiger partial charge in [0.1, 0.15) is 0 Å². The van der Waals surface area contributed by atoms with E-state index in [9.17, 15) is 36.5 Å². The molecule has 0 bridgehead atoms. The number of anilines is 4. The first-order chi connectivity index (χ1) is 16.8. The quantitative estimate of drug-likeness (QED) is 0.310. The first kappa shape index (κ1) is 24.8. The van der Waals surface area contributed by atoms with Crippen LogP contribution in [0.25, 0.3) is 11.1 Å². The van der Waals surface area contributed by atoms with E-state index in [-0.39, 0.29) is 28.4 Å². The summed E-state index contributed by atoms with van der Waals surface area (Å²) in [7, 11) is -3.40. The largest absolute Gasteiger partial charge is 0.490 e. The molecule has 0 saturated carbocycles. The SMILES string of the molecule is COc1cc(-c2ccc3c(c2)Nc2ccc(NS(=O)(=O)CC(F)(F)F)cc2NC3=O)ccc1[N+](=O)[O-]. The van der Waals surface area contributed by atoms with Gasteiger partial charge in [-0.25, -0.2) is 8.42 Å². The zero-order valence-corrected chi connectivity index (χ0v) is 19.2. The van der Waals surface area contributed by atoms with Gasteiger partial charge in [-0.15, -0.1) is 0 Å². The van der Waals surface area contributed by atoms with E-state index in [0.29, 0.717) is 22.5 Å². The highest BCUT2D eigenvalue weighted by atomic mass is 32.2. The molecule has 0 radical (unpaired) electrons. The maximum Gasteiger partial charge on any atom is 0.404 e. The van der Waals surface area contributed by atoms with Crippen LogP contribution >= 0.6 is 0 Å². The number of amides is 1. The normalized spacial score (nSPS) is 12.9. The molecule has 0 atom stereocenters. The molecule has 1 aliphatic rings. The molecule has 10 nitrogen and oxygen atoms in total. The summed E-state index contributed by atoms with van der Waals surface area (Å²) in [5.74, 6) is -2.54. The summed E-state index contributed by atoms with van der Waals surface area (Å²) in [4.78, 5) is 23.4. The summed E-state index contributed by atoms with van der Waals surface area (Å²) in [5, 5.41) is 16.8. The Balaban J connectivity index is 1.66. The van der Waals surface area contributed by atoms with Crippen LogP contribution in [0, 0.1) is 10.1 Å². The number of nitrogens with zero attached hydrogens (tertiary/aromatic N) is 1. The first-order valence-electron chi connectivity index (χ1n) is 10.1. The van der Waals surface area contributed by atoms with E-state index in [2.05, 4.69) is 10.6 Å². The number of halogens is 3. The zero-order valence-electron chi connectivity index (χ0n) is 18.3. The molecule has 0 unspecified atom stereocenters. The lowest BCUT2D eigenvalue weighted by atomic mass is 10.0. The highest BCUT2D eigenvalue weighted by Crippen LogP contribution is 2.38. The first-order valence-corrected chi connectivity index (χ1v) is 11.8. The van der Waals surface area contributed by atoms with Gasteiger partial charge in [0, 0.05) is 6.07 Å². The minimum atomic E-state index is -4.92. The van der Waals surface area contributed by atoms with Crippen molar-refractivity contribution in [3.63, 3.8) is 0 Å². The number of fused-ring (bicyclic) bond motifs is 2. The number of benzene rings is 3. The van der Waals surface area contributed by atoms with Crippen LogP contribution < -0.4 is 20.1 Å². The third-order valence-electron chi connectivity index (χ3n) is 5.14. The number of carbonyl (C=O) groups is 1. The van der Waals surface area contributed by atoms with Gasteiger partial charge in [0.2, 0.25) is 10.0 Å². The molecule has 1 amide bonds. The van der Waals surface area contributed by atoms with Crippen molar-refractivity contribution >= 4 is 44.4 Å². The van der Waals surface area contributed by atoms with Gasteiger partial charge < -0.3 is 15.4 Å². The summed E-state index contributed by atoms with van der Waals surface area (Å²) >= 11 is 0. The number of hydrogen-bond acceptors (Lipinski definition) is 7. The molecule has 0 aliphatic carbocycles. The molecule has 14 heteroatoms. The second kappa shape index (κ2) is 9.03. The fourth-order valence-electron chi connectivity index (χ4n) is 3.62. The minimum Gasteiger partial charge on any atom is -0.490 e. The van der Waals surface area contributed by atoms with E-state index in [0.717, 1.165) is 0 Å². The lowest BCUT2D eigenvalue weighted by Gasteiger charge is -2.14. The number of nitro benzene ring substituents is 1. The van der Waals surface area contributed by atoms with Crippen LogP contribution in [0.3, 0.4) is 0 Å². The van der Waals surface area contributed by atoms with Crippen molar-refractivity contribution < 1.29 is 36.0 Å². The third-order valence-corrected chi connectivity index (χ3v) is 6.39. The van der Waals surface area contributed by atoms with Crippen LogP contribution in [0.4, 0.5) is 41.6 Å². The number of rotatable bonds is 6. The van der Waals surface area contributed by atoms with Gasteiger partial charge in [0.15, 0.2) is 11.5 Å². The van der Waals surface area contributed by atoms with Gasteiger partial charge in [-0.3, -0.25) is 19.6 Å². The van der Waals surface area contributed by atoms with Crippen molar-refractivity contribution in [3.8, 4) is 16.9 Å². The predicted molar refractivity (Wildman–Crippen MR) is 126 cm³/mol. The third kappa shape index (κ3) is 5.33. The minimum absolute atomic E-state index is 0.0593. The molecule has 0 spiro atoms. The molecular weight excluding hydrogens is 505 g/mol. The van der Waals surface area contributed by atoms with Crippen molar-refractivity contribution in [2.45, 2.75) is 6.18 Å². The monoisotopic (exact) mass is 522 g/mol. The highest BCUT2D eigenvalue weighted by Gasteiger charge is 2.35. The lowest BCUT2D eigenvalue weighted by Crippen LogP contribution is -2.27. The average molecular weight is 522 g/mol. The summed E-state index contributed by atoms with van der Waals surface area (Å²) in [6, 6.07) is 13.0. The maximum atomic E-state index is 12.8. The second-order valence-electron chi connectivity index (χ2n) is 7.72. The van der Waals surface area contributed by atoms with Crippen LogP contribution in [0.15, 0.2) is 54.6 Å². The van der Waals surface area contributed by atoms with E-state index < -0.39 is 32.8 Å². The molecule has 36 heavy (non-hydrogen) atoms. The molecular formula is C22H17F3N4O6S. The Labute approximate surface area is 202 Å². The van der Waals surface area contributed by atoms with Gasteiger partial charge in [-0.05, 0) is 53.6 Å². The molecule has 4 rings (SSSR count). The van der Waals surface area contributed by atoms with E-state index >= 15 is 0 Å². The Morgan fingerprint density at radius 2 is 1.67 bits per heavy atom. The van der Waals surface area contributed by atoms with Crippen LogP contribution in [-0.2, 0) is 10.0 Å². The Kier molecular flexibility index (Phi) is 6.22. The second-order valence-corrected chi connectivity index (χ2v) is 9.44. The zero-order chi connectivity index (χ0) is 26.3. The van der Waals surface area contributed by atoms with Gasteiger partial charge in [-0.2, -0.15) is 13.2 Å². The molecule has 0 saturated heterocycles. The Bertz CT molecular complexity index is 1490. The summed E-state index contributed by atoms with van der Waals surface area (Å²) in [6.45, 7) is 0. The number of sulfonamides is 1. The smallest absolute Gasteiger partial charge is 0.404 e. The van der Waals surface area contributed by atoms with Crippen LogP contribution in [0.5, 0.6) is 5.75 Å². The van der Waals surface area contributed by atoms with Crippen molar-refractivity contribution in [1.29, 1.82) is 0 Å². The number of alkyl halides is 3. The van der Waals surface area contributed by atoms with Crippen molar-refractivity contribution in [2.75, 3.05) is 28.2 Å². The number of methoxy groups -OCH3 is 1.